The number of hydrogen-bond donors (Lipinski definition) is 0. The maximum absolute atomic E-state index is 2.47. The first-order chi connectivity index (χ1) is 7.40. The summed E-state index contributed by atoms with van der Waals surface area (Å²) in [4.78, 5) is 0. The summed E-state index contributed by atoms with van der Waals surface area (Å²) in [6.07, 6.45) is 9.01. The van der Waals surface area contributed by atoms with E-state index >= 15 is 0 Å². The van der Waals surface area contributed by atoms with Gasteiger partial charge in [-0.25, -0.2) is 0 Å². The molecule has 1 fully saturated rings. The Hall–Kier alpha value is -1.04. The van der Waals surface area contributed by atoms with Gasteiger partial charge in [-0.3, -0.25) is 0 Å². The van der Waals surface area contributed by atoms with Gasteiger partial charge < -0.3 is 0 Å². The van der Waals surface area contributed by atoms with Crippen LogP contribution in [-0.2, 0) is 6.42 Å². The summed E-state index contributed by atoms with van der Waals surface area (Å²) in [5.41, 5.74) is 3.19. The van der Waals surface area contributed by atoms with Crippen LogP contribution in [0.5, 0.6) is 0 Å². The zero-order valence-electron chi connectivity index (χ0n) is 9.58. The Morgan fingerprint density at radius 2 is 2.07 bits per heavy atom. The van der Waals surface area contributed by atoms with Gasteiger partial charge in [0.15, 0.2) is 0 Å². The second-order valence-electron chi connectivity index (χ2n) is 4.51. The van der Waals surface area contributed by atoms with Gasteiger partial charge in [0.2, 0.25) is 0 Å². The summed E-state index contributed by atoms with van der Waals surface area (Å²) >= 11 is 0. The zero-order valence-corrected chi connectivity index (χ0v) is 9.58. The quantitative estimate of drug-likeness (QED) is 0.489. The van der Waals surface area contributed by atoms with Gasteiger partial charge in [-0.15, -0.1) is 0 Å². The van der Waals surface area contributed by atoms with Crippen molar-refractivity contribution in [1.29, 1.82) is 0 Å². The molecule has 0 amide bonds. The van der Waals surface area contributed by atoms with Gasteiger partial charge in [0.05, 0.1) is 0 Å². The third kappa shape index (κ3) is 3.23. The average Bonchev–Trinajstić information content (AvgIpc) is 2.99. The molecule has 0 aromatic heterocycles. The van der Waals surface area contributed by atoms with Gasteiger partial charge in [-0.05, 0) is 30.7 Å². The number of unbranched alkanes of at least 4 members (excludes halogenated alkanes) is 2. The van der Waals surface area contributed by atoms with Crippen LogP contribution >= 0.6 is 0 Å². The van der Waals surface area contributed by atoms with Crippen LogP contribution in [0.1, 0.15) is 38.2 Å². The van der Waals surface area contributed by atoms with Crippen LogP contribution in [0.15, 0.2) is 42.0 Å². The Bertz CT molecular complexity index is 321. The summed E-state index contributed by atoms with van der Waals surface area (Å²) in [6, 6.07) is 10.8. The maximum Gasteiger partial charge on any atom is -0.0125 e. The second kappa shape index (κ2) is 5.16. The van der Waals surface area contributed by atoms with Crippen molar-refractivity contribution in [3.05, 3.63) is 47.5 Å². The van der Waals surface area contributed by atoms with Crippen LogP contribution in [0.4, 0.5) is 0 Å². The van der Waals surface area contributed by atoms with E-state index in [0.29, 0.717) is 0 Å². The van der Waals surface area contributed by atoms with E-state index in [1.165, 1.54) is 37.7 Å². The maximum atomic E-state index is 2.47. The molecule has 0 spiro atoms. The molecule has 0 heteroatoms. The van der Waals surface area contributed by atoms with E-state index in [4.69, 9.17) is 0 Å². The van der Waals surface area contributed by atoms with E-state index in [9.17, 15) is 0 Å². The highest BCUT2D eigenvalue weighted by atomic mass is 14.3. The SMILES string of the molecule is CCCC/C=C1/CC1Cc1ccccc1. The van der Waals surface area contributed by atoms with Crippen LogP contribution in [0.2, 0.25) is 0 Å². The highest BCUT2D eigenvalue weighted by Crippen LogP contribution is 2.40. The van der Waals surface area contributed by atoms with Crippen molar-refractivity contribution in [2.24, 2.45) is 5.92 Å². The van der Waals surface area contributed by atoms with E-state index in [1.807, 2.05) is 0 Å². The molecule has 2 rings (SSSR count). The Labute approximate surface area is 93.0 Å². The standard InChI is InChI=1S/C15H20/c1-2-3-5-10-14-12-15(14)11-13-8-6-4-7-9-13/h4,6-10,15H,2-3,5,11-12H2,1H3/b14-10-. The molecule has 0 saturated heterocycles. The summed E-state index contributed by atoms with van der Waals surface area (Å²) in [5.74, 6) is 0.865. The van der Waals surface area contributed by atoms with Gasteiger partial charge >= 0.3 is 0 Å². The molecule has 0 heterocycles. The Morgan fingerprint density at radius 1 is 1.27 bits per heavy atom. The van der Waals surface area contributed by atoms with Crippen molar-refractivity contribution >= 4 is 0 Å². The van der Waals surface area contributed by atoms with Crippen molar-refractivity contribution in [1.82, 2.24) is 0 Å². The number of hydrogen-bond acceptors (Lipinski definition) is 0. The smallest absolute Gasteiger partial charge is 0.0125 e. The Morgan fingerprint density at radius 3 is 2.80 bits per heavy atom. The molecule has 80 valence electrons. The summed E-state index contributed by atoms with van der Waals surface area (Å²) in [5, 5.41) is 0. The number of benzene rings is 1. The number of rotatable bonds is 5. The molecule has 1 aliphatic rings. The lowest BCUT2D eigenvalue weighted by Gasteiger charge is -1.96. The van der Waals surface area contributed by atoms with Gasteiger partial charge in [-0.2, -0.15) is 0 Å². The summed E-state index contributed by atoms with van der Waals surface area (Å²) in [6.45, 7) is 2.26. The molecule has 0 bridgehead atoms. The first-order valence-electron chi connectivity index (χ1n) is 6.13. The van der Waals surface area contributed by atoms with Crippen molar-refractivity contribution in [2.45, 2.75) is 39.0 Å². The van der Waals surface area contributed by atoms with Crippen LogP contribution < -0.4 is 0 Å². The fourth-order valence-corrected chi connectivity index (χ4v) is 2.07. The van der Waals surface area contributed by atoms with Crippen LogP contribution in [0.3, 0.4) is 0 Å². The number of allylic oxidation sites excluding steroid dienone is 2. The van der Waals surface area contributed by atoms with Gasteiger partial charge in [-0.1, -0.05) is 61.7 Å². The molecule has 1 unspecified atom stereocenters. The average molecular weight is 200 g/mol. The third-order valence-electron chi connectivity index (χ3n) is 3.14. The van der Waals surface area contributed by atoms with Gasteiger partial charge in [0.25, 0.3) is 0 Å². The fourth-order valence-electron chi connectivity index (χ4n) is 2.07. The predicted molar refractivity (Wildman–Crippen MR) is 65.9 cm³/mol. The molecular weight excluding hydrogens is 180 g/mol. The third-order valence-corrected chi connectivity index (χ3v) is 3.14. The van der Waals surface area contributed by atoms with E-state index in [0.717, 1.165) is 5.92 Å². The minimum atomic E-state index is 0.865. The van der Waals surface area contributed by atoms with Gasteiger partial charge in [0.1, 0.15) is 0 Å². The molecular formula is C15H20. The lowest BCUT2D eigenvalue weighted by Crippen LogP contribution is -1.85. The van der Waals surface area contributed by atoms with Gasteiger partial charge in [0, 0.05) is 0 Å². The van der Waals surface area contributed by atoms with Crippen LogP contribution in [-0.4, -0.2) is 0 Å². The highest BCUT2D eigenvalue weighted by Gasteiger charge is 2.28. The molecule has 1 atom stereocenters. The van der Waals surface area contributed by atoms with Crippen molar-refractivity contribution in [3.63, 3.8) is 0 Å². The molecule has 0 radical (unpaired) electrons. The van der Waals surface area contributed by atoms with Crippen LogP contribution in [0, 0.1) is 5.92 Å². The van der Waals surface area contributed by atoms with Crippen molar-refractivity contribution in [2.75, 3.05) is 0 Å². The lowest BCUT2D eigenvalue weighted by atomic mass is 10.1. The zero-order chi connectivity index (χ0) is 10.5. The van der Waals surface area contributed by atoms with E-state index in [-0.39, 0.29) is 0 Å². The second-order valence-corrected chi connectivity index (χ2v) is 4.51. The molecule has 0 N–H and O–H groups in total. The predicted octanol–water partition coefficient (Wildman–Crippen LogP) is 4.37. The summed E-state index contributed by atoms with van der Waals surface area (Å²) < 4.78 is 0. The van der Waals surface area contributed by atoms with Crippen molar-refractivity contribution in [3.8, 4) is 0 Å². The van der Waals surface area contributed by atoms with E-state index < -0.39 is 0 Å². The molecule has 1 saturated carbocycles. The minimum Gasteiger partial charge on any atom is -0.0850 e. The highest BCUT2D eigenvalue weighted by molar-refractivity contribution is 5.28. The lowest BCUT2D eigenvalue weighted by molar-refractivity contribution is 0.808. The Kier molecular flexibility index (Phi) is 3.60. The fraction of sp³-hybridized carbons (Fsp3) is 0.467. The Balaban J connectivity index is 1.78. The minimum absolute atomic E-state index is 0.865. The normalized spacial score (nSPS) is 21.9. The van der Waals surface area contributed by atoms with Crippen molar-refractivity contribution < 1.29 is 0 Å². The molecule has 0 nitrogen and oxygen atoms in total. The van der Waals surface area contributed by atoms with Crippen LogP contribution in [0.25, 0.3) is 0 Å². The first kappa shape index (κ1) is 10.5. The first-order valence-corrected chi connectivity index (χ1v) is 6.13. The van der Waals surface area contributed by atoms with E-state index in [2.05, 4.69) is 43.3 Å². The monoisotopic (exact) mass is 200 g/mol. The molecule has 1 aromatic rings. The topological polar surface area (TPSA) is 0 Å². The summed E-state index contributed by atoms with van der Waals surface area (Å²) in [7, 11) is 0. The molecule has 1 aromatic carbocycles. The molecule has 15 heavy (non-hydrogen) atoms. The molecule has 0 aliphatic heterocycles. The largest absolute Gasteiger partial charge is 0.0850 e. The molecule has 1 aliphatic carbocycles. The van der Waals surface area contributed by atoms with E-state index in [1.54, 1.807) is 5.57 Å².